The van der Waals surface area contributed by atoms with Crippen molar-refractivity contribution in [3.8, 4) is 11.5 Å². The second-order valence-corrected chi connectivity index (χ2v) is 4.93. The Morgan fingerprint density at radius 1 is 1.25 bits per heavy atom. The minimum absolute atomic E-state index is 0.139. The summed E-state index contributed by atoms with van der Waals surface area (Å²) in [6.07, 6.45) is -0.702. The van der Waals surface area contributed by atoms with Crippen LogP contribution >= 0.6 is 0 Å². The monoisotopic (exact) mass is 285 g/mol. The van der Waals surface area contributed by atoms with Crippen molar-refractivity contribution in [3.05, 3.63) is 24.3 Å². The molecule has 0 amide bonds. The highest BCUT2D eigenvalue weighted by atomic mass is 16.5. The highest BCUT2D eigenvalue weighted by molar-refractivity contribution is 5.31. The van der Waals surface area contributed by atoms with Crippen molar-refractivity contribution in [2.75, 3.05) is 33.4 Å². The van der Waals surface area contributed by atoms with Crippen LogP contribution in [0.25, 0.3) is 0 Å². The number of benzene rings is 1. The van der Waals surface area contributed by atoms with Crippen LogP contribution in [0.4, 0.5) is 0 Å². The number of nitrogens with one attached hydrogen (secondary N) is 1. The molecule has 0 radical (unpaired) electrons. The summed E-state index contributed by atoms with van der Waals surface area (Å²) in [7, 11) is 1.59. The van der Waals surface area contributed by atoms with Crippen LogP contribution in [0.5, 0.6) is 11.5 Å². The summed E-state index contributed by atoms with van der Waals surface area (Å²) < 4.78 is 10.5. The Hall–Kier alpha value is -1.34. The fraction of sp³-hybridized carbons (Fsp3) is 0.571. The van der Waals surface area contributed by atoms with Crippen molar-refractivity contribution in [2.45, 2.75) is 18.6 Å². The molecule has 6 nitrogen and oxygen atoms in total. The van der Waals surface area contributed by atoms with Crippen LogP contribution in [-0.2, 0) is 0 Å². The highest BCUT2D eigenvalue weighted by Crippen LogP contribution is 2.16. The zero-order valence-electron chi connectivity index (χ0n) is 11.9. The average Bonchev–Trinajstić information content (AvgIpc) is 2.45. The largest absolute Gasteiger partial charge is 0.497 e. The summed E-state index contributed by atoms with van der Waals surface area (Å²) in [5.74, 6) is 1.39. The normalized spacial score (nSPS) is 15.4. The van der Waals surface area contributed by atoms with Gasteiger partial charge in [-0.05, 0) is 31.2 Å². The maximum absolute atomic E-state index is 9.72. The molecule has 6 heteroatoms. The SMILES string of the molecule is COc1ccc(OCC(O)CNCC(C)(O)CO)cc1. The van der Waals surface area contributed by atoms with Crippen molar-refractivity contribution >= 4 is 0 Å². The molecule has 0 aromatic heterocycles. The first-order valence-corrected chi connectivity index (χ1v) is 6.46. The predicted molar refractivity (Wildman–Crippen MR) is 75.1 cm³/mol. The molecule has 20 heavy (non-hydrogen) atoms. The van der Waals surface area contributed by atoms with E-state index in [0.29, 0.717) is 5.75 Å². The Labute approximate surface area is 119 Å². The number of aliphatic hydroxyl groups is 3. The van der Waals surface area contributed by atoms with Gasteiger partial charge in [0.2, 0.25) is 0 Å². The molecule has 2 unspecified atom stereocenters. The third kappa shape index (κ3) is 6.21. The van der Waals surface area contributed by atoms with E-state index in [4.69, 9.17) is 14.6 Å². The maximum atomic E-state index is 9.72. The van der Waals surface area contributed by atoms with Crippen LogP contribution in [0.1, 0.15) is 6.92 Å². The van der Waals surface area contributed by atoms with Gasteiger partial charge >= 0.3 is 0 Å². The van der Waals surface area contributed by atoms with Gasteiger partial charge in [0.15, 0.2) is 0 Å². The van der Waals surface area contributed by atoms with E-state index >= 15 is 0 Å². The minimum atomic E-state index is -1.18. The molecule has 2 atom stereocenters. The van der Waals surface area contributed by atoms with Gasteiger partial charge in [-0.15, -0.1) is 0 Å². The number of hydrogen-bond acceptors (Lipinski definition) is 6. The van der Waals surface area contributed by atoms with Gasteiger partial charge in [0.25, 0.3) is 0 Å². The van der Waals surface area contributed by atoms with Crippen LogP contribution in [0.3, 0.4) is 0 Å². The van der Waals surface area contributed by atoms with E-state index in [9.17, 15) is 10.2 Å². The first-order chi connectivity index (χ1) is 9.46. The molecule has 4 N–H and O–H groups in total. The molecular weight excluding hydrogens is 262 g/mol. The number of ether oxygens (including phenoxy) is 2. The lowest BCUT2D eigenvalue weighted by atomic mass is 10.1. The second kappa shape index (κ2) is 8.06. The number of methoxy groups -OCH3 is 1. The smallest absolute Gasteiger partial charge is 0.119 e. The molecule has 0 fully saturated rings. The Kier molecular flexibility index (Phi) is 6.74. The van der Waals surface area contributed by atoms with E-state index in [1.54, 1.807) is 31.4 Å². The lowest BCUT2D eigenvalue weighted by molar-refractivity contribution is -0.000325. The van der Waals surface area contributed by atoms with Crippen LogP contribution in [0, 0.1) is 0 Å². The summed E-state index contributed by atoms with van der Waals surface area (Å²) in [5, 5.41) is 31.0. The Bertz CT molecular complexity index is 380. The van der Waals surface area contributed by atoms with Gasteiger partial charge in [0.05, 0.1) is 19.3 Å². The predicted octanol–water partition coefficient (Wildman–Crippen LogP) is -0.232. The Morgan fingerprint density at radius 2 is 1.85 bits per heavy atom. The Morgan fingerprint density at radius 3 is 2.40 bits per heavy atom. The fourth-order valence-corrected chi connectivity index (χ4v) is 1.49. The molecule has 0 spiro atoms. The van der Waals surface area contributed by atoms with Crippen molar-refractivity contribution in [1.29, 1.82) is 0 Å². The number of rotatable bonds is 9. The molecule has 0 saturated carbocycles. The topological polar surface area (TPSA) is 91.2 Å². The lowest BCUT2D eigenvalue weighted by Crippen LogP contribution is -2.44. The molecule has 0 aliphatic carbocycles. The number of aliphatic hydroxyl groups excluding tert-OH is 2. The van der Waals surface area contributed by atoms with Gasteiger partial charge in [-0.3, -0.25) is 0 Å². The van der Waals surface area contributed by atoms with E-state index in [2.05, 4.69) is 5.32 Å². The Balaban J connectivity index is 2.23. The van der Waals surface area contributed by atoms with Crippen molar-refractivity contribution in [2.24, 2.45) is 0 Å². The number of hydrogen-bond donors (Lipinski definition) is 4. The van der Waals surface area contributed by atoms with Gasteiger partial charge in [0.1, 0.15) is 24.2 Å². The first-order valence-electron chi connectivity index (χ1n) is 6.46. The third-order valence-corrected chi connectivity index (χ3v) is 2.73. The molecule has 114 valence electrons. The van der Waals surface area contributed by atoms with Gasteiger partial charge in [0, 0.05) is 13.1 Å². The summed E-state index contributed by atoms with van der Waals surface area (Å²) in [6, 6.07) is 7.07. The van der Waals surface area contributed by atoms with Gasteiger partial charge in [-0.1, -0.05) is 0 Å². The van der Waals surface area contributed by atoms with E-state index in [0.717, 1.165) is 5.75 Å². The maximum Gasteiger partial charge on any atom is 0.119 e. The zero-order chi connectivity index (χ0) is 15.0. The van der Waals surface area contributed by atoms with E-state index in [1.807, 2.05) is 0 Å². The standard InChI is InChI=1S/C14H23NO5/c1-14(18,10-16)9-15-7-11(17)8-20-13-5-3-12(19-2)4-6-13/h3-6,11,15-18H,7-10H2,1-2H3. The van der Waals surface area contributed by atoms with Crippen LogP contribution in [0.15, 0.2) is 24.3 Å². The average molecular weight is 285 g/mol. The quantitative estimate of drug-likeness (QED) is 0.501. The molecule has 0 aliphatic heterocycles. The fourth-order valence-electron chi connectivity index (χ4n) is 1.49. The molecule has 1 aromatic carbocycles. The van der Waals surface area contributed by atoms with Gasteiger partial charge in [-0.2, -0.15) is 0 Å². The van der Waals surface area contributed by atoms with Crippen molar-refractivity contribution in [3.63, 3.8) is 0 Å². The van der Waals surface area contributed by atoms with Crippen LogP contribution in [0.2, 0.25) is 0 Å². The minimum Gasteiger partial charge on any atom is -0.497 e. The molecule has 0 aliphatic rings. The summed E-state index contributed by atoms with van der Waals surface area (Å²) in [6.45, 7) is 1.79. The molecule has 0 heterocycles. The van der Waals surface area contributed by atoms with Crippen LogP contribution in [-0.4, -0.2) is 60.4 Å². The highest BCUT2D eigenvalue weighted by Gasteiger charge is 2.18. The summed E-state index contributed by atoms with van der Waals surface area (Å²) in [5.41, 5.74) is -1.18. The summed E-state index contributed by atoms with van der Waals surface area (Å²) in [4.78, 5) is 0. The van der Waals surface area contributed by atoms with Gasteiger partial charge in [-0.25, -0.2) is 0 Å². The van der Waals surface area contributed by atoms with E-state index < -0.39 is 11.7 Å². The molecule has 1 rings (SSSR count). The molecule has 0 bridgehead atoms. The van der Waals surface area contributed by atoms with Gasteiger partial charge < -0.3 is 30.1 Å². The lowest BCUT2D eigenvalue weighted by Gasteiger charge is -2.22. The first kappa shape index (κ1) is 16.7. The molecule has 1 aromatic rings. The molecular formula is C14H23NO5. The zero-order valence-corrected chi connectivity index (χ0v) is 11.9. The molecule has 0 saturated heterocycles. The van der Waals surface area contributed by atoms with Crippen molar-refractivity contribution < 1.29 is 24.8 Å². The van der Waals surface area contributed by atoms with E-state index in [1.165, 1.54) is 6.92 Å². The summed E-state index contributed by atoms with van der Waals surface area (Å²) >= 11 is 0. The second-order valence-electron chi connectivity index (χ2n) is 4.93. The van der Waals surface area contributed by atoms with Crippen molar-refractivity contribution in [1.82, 2.24) is 5.32 Å². The van der Waals surface area contributed by atoms with E-state index in [-0.39, 0.29) is 26.3 Å². The van der Waals surface area contributed by atoms with Crippen LogP contribution < -0.4 is 14.8 Å². The third-order valence-electron chi connectivity index (χ3n) is 2.73.